The molecular weight excluding hydrogens is 301 g/mol. The first-order chi connectivity index (χ1) is 8.16. The van der Waals surface area contributed by atoms with E-state index in [1.807, 2.05) is 16.8 Å². The van der Waals surface area contributed by atoms with Gasteiger partial charge in [0.1, 0.15) is 5.15 Å². The van der Waals surface area contributed by atoms with Crippen LogP contribution in [0.5, 0.6) is 0 Å². The molecule has 0 radical (unpaired) electrons. The van der Waals surface area contributed by atoms with Gasteiger partial charge in [-0.05, 0) is 22.9 Å². The van der Waals surface area contributed by atoms with Crippen molar-refractivity contribution >= 4 is 58.2 Å². The van der Waals surface area contributed by atoms with Gasteiger partial charge >= 0.3 is 0 Å². The number of nitrogens with one attached hydrogen (secondary N) is 1. The maximum atomic E-state index is 5.92. The lowest BCUT2D eigenvalue weighted by Gasteiger charge is -2.03. The zero-order valence-corrected chi connectivity index (χ0v) is 11.4. The molecular formula is C10H6Cl3N3S. The molecule has 2 aromatic rings. The van der Waals surface area contributed by atoms with Gasteiger partial charge in [0, 0.05) is 5.56 Å². The van der Waals surface area contributed by atoms with Crippen molar-refractivity contribution in [3.05, 3.63) is 43.7 Å². The summed E-state index contributed by atoms with van der Waals surface area (Å²) in [6.45, 7) is 0. The fraction of sp³-hybridized carbons (Fsp3) is 0. The average molecular weight is 307 g/mol. The SMILES string of the molecule is Clc1cc(Cl)c(N/N=C\c2ccsc2)nc1Cl. The van der Waals surface area contributed by atoms with E-state index in [1.54, 1.807) is 17.6 Å². The van der Waals surface area contributed by atoms with Gasteiger partial charge in [0.2, 0.25) is 0 Å². The van der Waals surface area contributed by atoms with Gasteiger partial charge in [0.15, 0.2) is 5.82 Å². The lowest BCUT2D eigenvalue weighted by molar-refractivity contribution is 1.23. The molecule has 0 atom stereocenters. The Labute approximate surface area is 117 Å². The van der Waals surface area contributed by atoms with Gasteiger partial charge in [-0.1, -0.05) is 34.8 Å². The maximum Gasteiger partial charge on any atom is 0.166 e. The van der Waals surface area contributed by atoms with Crippen molar-refractivity contribution in [1.29, 1.82) is 0 Å². The summed E-state index contributed by atoms with van der Waals surface area (Å²) in [5.74, 6) is 0.368. The molecule has 2 heterocycles. The minimum absolute atomic E-state index is 0.185. The summed E-state index contributed by atoms with van der Waals surface area (Å²) < 4.78 is 0. The first-order valence-corrected chi connectivity index (χ1v) is 6.57. The number of aromatic nitrogens is 1. The van der Waals surface area contributed by atoms with Crippen LogP contribution in [-0.2, 0) is 0 Å². The number of halogens is 3. The highest BCUT2D eigenvalue weighted by molar-refractivity contribution is 7.08. The Bertz CT molecular complexity index is 540. The number of hydrogen-bond donors (Lipinski definition) is 1. The van der Waals surface area contributed by atoms with Crippen LogP contribution >= 0.6 is 46.1 Å². The third-order valence-electron chi connectivity index (χ3n) is 1.81. The number of hydrazone groups is 1. The van der Waals surface area contributed by atoms with Crippen molar-refractivity contribution in [2.24, 2.45) is 5.10 Å². The maximum absolute atomic E-state index is 5.92. The number of nitrogens with zero attached hydrogens (tertiary/aromatic N) is 2. The molecule has 2 rings (SSSR count). The van der Waals surface area contributed by atoms with Crippen molar-refractivity contribution in [2.75, 3.05) is 5.43 Å². The van der Waals surface area contributed by atoms with Gasteiger partial charge < -0.3 is 0 Å². The second-order valence-electron chi connectivity index (χ2n) is 3.02. The number of anilines is 1. The Morgan fingerprint density at radius 1 is 1.29 bits per heavy atom. The van der Waals surface area contributed by atoms with Gasteiger partial charge in [-0.15, -0.1) is 0 Å². The second-order valence-corrected chi connectivity index (χ2v) is 4.97. The van der Waals surface area contributed by atoms with Crippen LogP contribution in [0.4, 0.5) is 5.82 Å². The molecule has 0 aliphatic heterocycles. The lowest BCUT2D eigenvalue weighted by Crippen LogP contribution is -1.94. The molecule has 0 aliphatic rings. The summed E-state index contributed by atoms with van der Waals surface area (Å²) in [6.07, 6.45) is 1.66. The molecule has 0 aliphatic carbocycles. The van der Waals surface area contributed by atoms with E-state index in [1.165, 1.54) is 6.07 Å². The van der Waals surface area contributed by atoms with Crippen LogP contribution in [0.3, 0.4) is 0 Å². The highest BCUT2D eigenvalue weighted by Crippen LogP contribution is 2.28. The molecule has 88 valence electrons. The highest BCUT2D eigenvalue weighted by Gasteiger charge is 2.06. The Morgan fingerprint density at radius 2 is 2.12 bits per heavy atom. The van der Waals surface area contributed by atoms with E-state index in [-0.39, 0.29) is 5.15 Å². The van der Waals surface area contributed by atoms with E-state index in [9.17, 15) is 0 Å². The molecule has 2 aromatic heterocycles. The number of pyridine rings is 1. The monoisotopic (exact) mass is 305 g/mol. The fourth-order valence-electron chi connectivity index (χ4n) is 1.04. The molecule has 0 fully saturated rings. The normalized spacial score (nSPS) is 11.0. The van der Waals surface area contributed by atoms with Crippen LogP contribution in [0, 0.1) is 0 Å². The molecule has 0 spiro atoms. The summed E-state index contributed by atoms with van der Waals surface area (Å²) in [5.41, 5.74) is 3.71. The summed E-state index contributed by atoms with van der Waals surface area (Å²) in [5, 5.41) is 8.79. The van der Waals surface area contributed by atoms with Gasteiger partial charge in [-0.2, -0.15) is 16.4 Å². The van der Waals surface area contributed by atoms with E-state index >= 15 is 0 Å². The van der Waals surface area contributed by atoms with E-state index < -0.39 is 0 Å². The standard InChI is InChI=1S/C10H6Cl3N3S/c11-7-3-8(12)10(15-9(7)13)16-14-4-6-1-2-17-5-6/h1-5H,(H,15,16)/b14-4-. The molecule has 0 amide bonds. The smallest absolute Gasteiger partial charge is 0.166 e. The molecule has 0 saturated heterocycles. The Hall–Kier alpha value is -0.810. The van der Waals surface area contributed by atoms with E-state index in [4.69, 9.17) is 34.8 Å². The van der Waals surface area contributed by atoms with E-state index in [0.717, 1.165) is 5.56 Å². The van der Waals surface area contributed by atoms with Crippen LogP contribution in [-0.4, -0.2) is 11.2 Å². The van der Waals surface area contributed by atoms with Crippen LogP contribution in [0.25, 0.3) is 0 Å². The number of rotatable bonds is 3. The van der Waals surface area contributed by atoms with Crippen molar-refractivity contribution in [3.8, 4) is 0 Å². The fourth-order valence-corrected chi connectivity index (χ4v) is 2.19. The Kier molecular flexibility index (Phi) is 4.23. The van der Waals surface area contributed by atoms with E-state index in [2.05, 4.69) is 15.5 Å². The molecule has 7 heteroatoms. The van der Waals surface area contributed by atoms with Crippen molar-refractivity contribution in [3.63, 3.8) is 0 Å². The molecule has 0 aromatic carbocycles. The van der Waals surface area contributed by atoms with Crippen LogP contribution < -0.4 is 5.43 Å². The van der Waals surface area contributed by atoms with Crippen molar-refractivity contribution in [2.45, 2.75) is 0 Å². The van der Waals surface area contributed by atoms with Gasteiger partial charge in [-0.25, -0.2) is 4.98 Å². The summed E-state index contributed by atoms with van der Waals surface area (Å²) >= 11 is 19.0. The largest absolute Gasteiger partial charge is 0.260 e. The Balaban J connectivity index is 2.11. The summed E-state index contributed by atoms with van der Waals surface area (Å²) in [6, 6.07) is 3.46. The lowest BCUT2D eigenvalue weighted by atomic mass is 10.4. The predicted octanol–water partition coefficient (Wildman–Crippen LogP) is 4.55. The van der Waals surface area contributed by atoms with E-state index in [0.29, 0.717) is 15.9 Å². The third kappa shape index (κ3) is 3.33. The van der Waals surface area contributed by atoms with Crippen LogP contribution in [0.1, 0.15) is 5.56 Å². The minimum Gasteiger partial charge on any atom is -0.260 e. The molecule has 1 N–H and O–H groups in total. The van der Waals surface area contributed by atoms with Gasteiger partial charge in [-0.3, -0.25) is 5.43 Å². The van der Waals surface area contributed by atoms with Crippen LogP contribution in [0.2, 0.25) is 15.2 Å². The molecule has 3 nitrogen and oxygen atoms in total. The second kappa shape index (κ2) is 5.69. The van der Waals surface area contributed by atoms with Crippen molar-refractivity contribution in [1.82, 2.24) is 4.98 Å². The third-order valence-corrected chi connectivity index (χ3v) is 3.48. The topological polar surface area (TPSA) is 37.3 Å². The van der Waals surface area contributed by atoms with Gasteiger partial charge in [0.05, 0.1) is 16.3 Å². The number of thiophene rings is 1. The quantitative estimate of drug-likeness (QED) is 0.513. The molecule has 17 heavy (non-hydrogen) atoms. The summed E-state index contributed by atoms with van der Waals surface area (Å²) in [4.78, 5) is 3.97. The highest BCUT2D eigenvalue weighted by atomic mass is 35.5. The molecule has 0 saturated carbocycles. The van der Waals surface area contributed by atoms with Gasteiger partial charge in [0.25, 0.3) is 0 Å². The zero-order chi connectivity index (χ0) is 12.3. The van der Waals surface area contributed by atoms with Crippen LogP contribution in [0.15, 0.2) is 28.0 Å². The summed E-state index contributed by atoms with van der Waals surface area (Å²) in [7, 11) is 0. The average Bonchev–Trinajstić information content (AvgIpc) is 2.78. The Morgan fingerprint density at radius 3 is 2.82 bits per heavy atom. The molecule has 0 bridgehead atoms. The first-order valence-electron chi connectivity index (χ1n) is 4.49. The number of hydrogen-bond acceptors (Lipinski definition) is 4. The zero-order valence-electron chi connectivity index (χ0n) is 8.32. The first kappa shape index (κ1) is 12.6. The van der Waals surface area contributed by atoms with Crippen molar-refractivity contribution < 1.29 is 0 Å². The predicted molar refractivity (Wildman–Crippen MR) is 74.8 cm³/mol. The molecule has 0 unspecified atom stereocenters. The minimum atomic E-state index is 0.185.